The summed E-state index contributed by atoms with van der Waals surface area (Å²) >= 11 is 0. The van der Waals surface area contributed by atoms with E-state index in [1.165, 1.54) is 25.7 Å². The van der Waals surface area contributed by atoms with Crippen LogP contribution in [0.25, 0.3) is 0 Å². The predicted molar refractivity (Wildman–Crippen MR) is 224 cm³/mol. The third kappa shape index (κ3) is 28.1. The number of hydrogen-bond donors (Lipinski definition) is 4. The summed E-state index contributed by atoms with van der Waals surface area (Å²) in [5.74, 6) is -2.49. The largest absolute Gasteiger partial charge is 0.479 e. The lowest BCUT2D eigenvalue weighted by atomic mass is 9.99. The third-order valence-corrected chi connectivity index (χ3v) is 9.60. The van der Waals surface area contributed by atoms with Gasteiger partial charge in [-0.2, -0.15) is 0 Å². The van der Waals surface area contributed by atoms with Crippen LogP contribution in [0, 0.1) is 0 Å². The number of esters is 2. The van der Waals surface area contributed by atoms with E-state index in [1.54, 1.807) is 0 Å². The average Bonchev–Trinajstić information content (AvgIpc) is 3.19. The fourth-order valence-electron chi connectivity index (χ4n) is 6.16. The second-order valence-electron chi connectivity index (χ2n) is 14.8. The molecule has 11 nitrogen and oxygen atoms in total. The van der Waals surface area contributed by atoms with Crippen LogP contribution in [0.5, 0.6) is 0 Å². The molecule has 6 atom stereocenters. The van der Waals surface area contributed by atoms with E-state index in [-0.39, 0.29) is 19.4 Å². The lowest BCUT2D eigenvalue weighted by molar-refractivity contribution is -0.298. The molecule has 0 aromatic carbocycles. The smallest absolute Gasteiger partial charge is 0.335 e. The molecule has 4 N–H and O–H groups in total. The Kier molecular flexibility index (Phi) is 32.8. The number of carbonyl (C=O) groups excluding carboxylic acids is 2. The minimum absolute atomic E-state index is 0.160. The van der Waals surface area contributed by atoms with Crippen molar-refractivity contribution in [3.05, 3.63) is 60.8 Å². The van der Waals surface area contributed by atoms with Crippen LogP contribution >= 0.6 is 0 Å². The molecule has 0 saturated carbocycles. The van der Waals surface area contributed by atoms with Crippen molar-refractivity contribution in [1.29, 1.82) is 0 Å². The molecule has 0 aliphatic carbocycles. The zero-order chi connectivity index (χ0) is 41.8. The Bertz CT molecular complexity index is 1180. The van der Waals surface area contributed by atoms with E-state index in [9.17, 15) is 34.8 Å². The molecule has 0 radical (unpaired) electrons. The molecule has 57 heavy (non-hydrogen) atoms. The highest BCUT2D eigenvalue weighted by atomic mass is 16.7. The van der Waals surface area contributed by atoms with Crippen LogP contribution in [-0.2, 0) is 33.3 Å². The van der Waals surface area contributed by atoms with Gasteiger partial charge in [0.2, 0.25) is 0 Å². The van der Waals surface area contributed by atoms with Crippen molar-refractivity contribution in [3.63, 3.8) is 0 Å². The van der Waals surface area contributed by atoms with Gasteiger partial charge in [-0.05, 0) is 77.0 Å². The van der Waals surface area contributed by atoms with Crippen molar-refractivity contribution in [2.45, 2.75) is 198 Å². The van der Waals surface area contributed by atoms with Gasteiger partial charge < -0.3 is 39.4 Å². The van der Waals surface area contributed by atoms with Gasteiger partial charge in [0.1, 0.15) is 24.9 Å². The summed E-state index contributed by atoms with van der Waals surface area (Å²) in [5.41, 5.74) is 0. The maximum atomic E-state index is 12.8. The van der Waals surface area contributed by atoms with Crippen molar-refractivity contribution in [1.82, 2.24) is 0 Å². The van der Waals surface area contributed by atoms with E-state index in [1.807, 2.05) is 0 Å². The van der Waals surface area contributed by atoms with Gasteiger partial charge in [-0.1, -0.05) is 132 Å². The molecular weight excluding hydrogens is 728 g/mol. The zero-order valence-electron chi connectivity index (χ0n) is 35.1. The SMILES string of the molecule is CC/C=C\C/C=C\C/C=C\CCCCCCCC(=O)OCC(COC1OC(C(=O)O)C(O)C(O)C1O)OC(=O)CCCCCCC/C=C\C/C=C\CCCCCC. The first-order chi connectivity index (χ1) is 27.7. The lowest BCUT2D eigenvalue weighted by Crippen LogP contribution is -2.60. The second-order valence-corrected chi connectivity index (χ2v) is 14.8. The van der Waals surface area contributed by atoms with Gasteiger partial charge in [0.25, 0.3) is 0 Å². The van der Waals surface area contributed by atoms with Crippen LogP contribution in [-0.4, -0.2) is 88.4 Å². The Labute approximate surface area is 343 Å². The van der Waals surface area contributed by atoms with E-state index < -0.39 is 61.3 Å². The molecule has 1 aliphatic heterocycles. The van der Waals surface area contributed by atoms with Crippen molar-refractivity contribution in [2.75, 3.05) is 13.2 Å². The summed E-state index contributed by atoms with van der Waals surface area (Å²) < 4.78 is 21.7. The van der Waals surface area contributed by atoms with E-state index in [0.717, 1.165) is 96.3 Å². The van der Waals surface area contributed by atoms with Gasteiger partial charge in [-0.25, -0.2) is 4.79 Å². The van der Waals surface area contributed by atoms with Gasteiger partial charge in [0.05, 0.1) is 6.61 Å². The number of allylic oxidation sites excluding steroid dienone is 10. The Morgan fingerprint density at radius 1 is 0.561 bits per heavy atom. The Hall–Kier alpha value is -3.09. The molecule has 1 aliphatic rings. The van der Waals surface area contributed by atoms with Crippen LogP contribution in [0.4, 0.5) is 0 Å². The maximum Gasteiger partial charge on any atom is 0.335 e. The van der Waals surface area contributed by atoms with E-state index in [0.29, 0.717) is 12.8 Å². The van der Waals surface area contributed by atoms with E-state index >= 15 is 0 Å². The number of carbonyl (C=O) groups is 3. The quantitative estimate of drug-likeness (QED) is 0.0274. The highest BCUT2D eigenvalue weighted by Crippen LogP contribution is 2.23. The number of rotatable bonds is 35. The molecule has 6 unspecified atom stereocenters. The Balaban J connectivity index is 2.42. The number of ether oxygens (including phenoxy) is 4. The normalized spacial score (nSPS) is 20.8. The molecular formula is C46H76O11. The topological polar surface area (TPSA) is 169 Å². The number of hydrogen-bond acceptors (Lipinski definition) is 10. The summed E-state index contributed by atoms with van der Waals surface area (Å²) in [7, 11) is 0. The number of aliphatic hydroxyl groups is 3. The van der Waals surface area contributed by atoms with Crippen molar-refractivity contribution < 1.29 is 53.8 Å². The Morgan fingerprint density at radius 2 is 1.04 bits per heavy atom. The molecule has 0 bridgehead atoms. The van der Waals surface area contributed by atoms with Gasteiger partial charge in [-0.15, -0.1) is 0 Å². The third-order valence-electron chi connectivity index (χ3n) is 9.60. The maximum absolute atomic E-state index is 12.8. The van der Waals surface area contributed by atoms with Crippen LogP contribution < -0.4 is 0 Å². The first kappa shape index (κ1) is 51.9. The standard InChI is InChI=1S/C46H76O11/c1-3-5-7-9-11-13-15-17-19-21-23-25-27-29-31-33-35-40(48)56-38(37-55-46-43(51)41(49)42(50)44(57-46)45(52)53)36-54-39(47)34-32-30-28-26-24-22-20-18-16-14-12-10-8-6-4-2/h6,8,12-15,18-21,38,41-44,46,49-51H,3-5,7,9-11,16-17,22-37H2,1-2H3,(H,52,53)/b8-6-,14-12-,15-13-,20-18-,21-19-. The van der Waals surface area contributed by atoms with Crippen molar-refractivity contribution >= 4 is 17.9 Å². The minimum atomic E-state index is -1.87. The van der Waals surface area contributed by atoms with Crippen molar-refractivity contribution in [3.8, 4) is 0 Å². The summed E-state index contributed by atoms with van der Waals surface area (Å²) in [6, 6.07) is 0. The fourth-order valence-corrected chi connectivity index (χ4v) is 6.16. The average molecular weight is 805 g/mol. The van der Waals surface area contributed by atoms with E-state index in [4.69, 9.17) is 18.9 Å². The monoisotopic (exact) mass is 805 g/mol. The second kappa shape index (κ2) is 36.0. The summed E-state index contributed by atoms with van der Waals surface area (Å²) in [5, 5.41) is 39.8. The van der Waals surface area contributed by atoms with Gasteiger partial charge >= 0.3 is 17.9 Å². The molecule has 1 heterocycles. The molecule has 0 spiro atoms. The number of carboxylic acids is 1. The van der Waals surface area contributed by atoms with Crippen LogP contribution in [0.2, 0.25) is 0 Å². The molecule has 0 amide bonds. The predicted octanol–water partition coefficient (Wildman–Crippen LogP) is 9.14. The Morgan fingerprint density at radius 3 is 1.56 bits per heavy atom. The van der Waals surface area contributed by atoms with Crippen LogP contribution in [0.3, 0.4) is 0 Å². The number of unbranched alkanes of at least 4 members (excludes halogenated alkanes) is 14. The molecule has 11 heteroatoms. The summed E-state index contributed by atoms with van der Waals surface area (Å²) in [6.45, 7) is 3.64. The minimum Gasteiger partial charge on any atom is -0.479 e. The highest BCUT2D eigenvalue weighted by molar-refractivity contribution is 5.73. The van der Waals surface area contributed by atoms with Crippen molar-refractivity contribution in [2.24, 2.45) is 0 Å². The summed E-state index contributed by atoms with van der Waals surface area (Å²) in [4.78, 5) is 36.8. The van der Waals surface area contributed by atoms with E-state index in [2.05, 4.69) is 74.6 Å². The summed E-state index contributed by atoms with van der Waals surface area (Å²) in [6.07, 6.45) is 34.1. The zero-order valence-corrected chi connectivity index (χ0v) is 35.1. The molecule has 0 aromatic rings. The molecule has 0 aromatic heterocycles. The first-order valence-electron chi connectivity index (χ1n) is 21.8. The highest BCUT2D eigenvalue weighted by Gasteiger charge is 2.47. The fraction of sp³-hybridized carbons (Fsp3) is 0.717. The lowest BCUT2D eigenvalue weighted by Gasteiger charge is -2.38. The first-order valence-corrected chi connectivity index (χ1v) is 21.8. The van der Waals surface area contributed by atoms with Gasteiger partial charge in [0.15, 0.2) is 18.5 Å². The molecule has 326 valence electrons. The van der Waals surface area contributed by atoms with Crippen LogP contribution in [0.15, 0.2) is 60.8 Å². The van der Waals surface area contributed by atoms with Gasteiger partial charge in [-0.3, -0.25) is 9.59 Å². The number of aliphatic carboxylic acids is 1. The van der Waals surface area contributed by atoms with Crippen LogP contribution in [0.1, 0.15) is 162 Å². The number of aliphatic hydroxyl groups excluding tert-OH is 3. The number of carboxylic acid groups (broad SMARTS) is 1. The van der Waals surface area contributed by atoms with Gasteiger partial charge in [0, 0.05) is 12.8 Å². The molecule has 1 fully saturated rings. The molecule has 1 rings (SSSR count). The molecule has 1 saturated heterocycles.